The van der Waals surface area contributed by atoms with E-state index in [0.717, 1.165) is 0 Å². The molecule has 92 valence electrons. The summed E-state index contributed by atoms with van der Waals surface area (Å²) >= 11 is 5.37. The van der Waals surface area contributed by atoms with Gasteiger partial charge in [0.25, 0.3) is 0 Å². The molecule has 1 aromatic carbocycles. The predicted molar refractivity (Wildman–Crippen MR) is 67.3 cm³/mol. The molecule has 0 spiro atoms. The van der Waals surface area contributed by atoms with Gasteiger partial charge >= 0.3 is 6.09 Å². The molecule has 0 fully saturated rings. The Labute approximate surface area is 109 Å². The Morgan fingerprint density at radius 3 is 2.61 bits per heavy atom. The third kappa shape index (κ3) is 2.99. The van der Waals surface area contributed by atoms with Crippen molar-refractivity contribution in [2.24, 2.45) is 0 Å². The van der Waals surface area contributed by atoms with Crippen LogP contribution >= 0.6 is 11.6 Å². The number of ether oxygens (including phenoxy) is 1. The van der Waals surface area contributed by atoms with Gasteiger partial charge in [-0.15, -0.1) is 0 Å². The molecule has 0 bridgehead atoms. The van der Waals surface area contributed by atoms with E-state index in [1.165, 1.54) is 11.1 Å². The van der Waals surface area contributed by atoms with E-state index in [2.05, 4.69) is 0 Å². The Hall–Kier alpha value is -2.07. The molecule has 18 heavy (non-hydrogen) atoms. The highest BCUT2D eigenvalue weighted by atomic mass is 35.5. The molecule has 0 unspecified atom stereocenters. The number of hydrogen-bond donors (Lipinski definition) is 0. The summed E-state index contributed by atoms with van der Waals surface area (Å²) in [5, 5.41) is -0.572. The average molecular weight is 264 g/mol. The highest BCUT2D eigenvalue weighted by Crippen LogP contribution is 2.14. The Morgan fingerprint density at radius 1 is 1.22 bits per heavy atom. The smallest absolute Gasteiger partial charge is 0.410 e. The van der Waals surface area contributed by atoms with Gasteiger partial charge in [-0.3, -0.25) is 9.69 Å². The Kier molecular flexibility index (Phi) is 3.79. The summed E-state index contributed by atoms with van der Waals surface area (Å²) < 4.78 is 5.14. The van der Waals surface area contributed by atoms with Gasteiger partial charge in [0.05, 0.1) is 6.54 Å². The topological polar surface area (TPSA) is 46.6 Å². The van der Waals surface area contributed by atoms with Gasteiger partial charge < -0.3 is 4.74 Å². The maximum absolute atomic E-state index is 11.8. The molecule has 0 aliphatic carbocycles. The summed E-state index contributed by atoms with van der Waals surface area (Å²) in [6.07, 6.45) is 4.13. The Morgan fingerprint density at radius 2 is 1.94 bits per heavy atom. The molecular weight excluding hydrogens is 254 g/mol. The molecule has 1 aliphatic heterocycles. The van der Waals surface area contributed by atoms with Crippen LogP contribution in [0, 0.1) is 0 Å². The first kappa shape index (κ1) is 12.4. The molecule has 2 rings (SSSR count). The van der Waals surface area contributed by atoms with E-state index in [-0.39, 0.29) is 6.54 Å². The lowest BCUT2D eigenvalue weighted by Crippen LogP contribution is -2.32. The van der Waals surface area contributed by atoms with Crippen molar-refractivity contribution in [2.75, 3.05) is 6.54 Å². The van der Waals surface area contributed by atoms with E-state index in [1.807, 2.05) is 6.07 Å². The third-order valence-electron chi connectivity index (χ3n) is 2.34. The van der Waals surface area contributed by atoms with Crippen molar-refractivity contribution in [3.63, 3.8) is 0 Å². The van der Waals surface area contributed by atoms with Gasteiger partial charge in [-0.25, -0.2) is 4.79 Å². The van der Waals surface area contributed by atoms with Crippen molar-refractivity contribution in [3.05, 3.63) is 54.3 Å². The first-order valence-corrected chi connectivity index (χ1v) is 5.65. The van der Waals surface area contributed by atoms with Crippen LogP contribution < -0.4 is 4.74 Å². The van der Waals surface area contributed by atoms with E-state index < -0.39 is 11.3 Å². The van der Waals surface area contributed by atoms with Crippen LogP contribution in [-0.4, -0.2) is 22.8 Å². The first-order valence-electron chi connectivity index (χ1n) is 5.27. The number of amides is 1. The minimum atomic E-state index is -0.572. The van der Waals surface area contributed by atoms with E-state index >= 15 is 0 Å². The lowest BCUT2D eigenvalue weighted by atomic mass is 10.2. The van der Waals surface area contributed by atoms with Crippen LogP contribution in [0.5, 0.6) is 5.75 Å². The summed E-state index contributed by atoms with van der Waals surface area (Å²) in [6, 6.07) is 8.71. The standard InChI is InChI=1S/C13H10ClNO3/c14-12(16)10-5-4-8-15(9-10)13(17)18-11-6-2-1-3-7-11/h1-8H,9H2. The molecular formula is C13H10ClNO3. The van der Waals surface area contributed by atoms with Crippen LogP contribution in [-0.2, 0) is 4.79 Å². The van der Waals surface area contributed by atoms with Gasteiger partial charge in [0, 0.05) is 11.8 Å². The zero-order chi connectivity index (χ0) is 13.0. The zero-order valence-corrected chi connectivity index (χ0v) is 10.1. The number of carbonyl (C=O) groups is 2. The van der Waals surface area contributed by atoms with Gasteiger partial charge in [-0.1, -0.05) is 24.3 Å². The summed E-state index contributed by atoms with van der Waals surface area (Å²) in [5.74, 6) is 0.448. The van der Waals surface area contributed by atoms with E-state index in [9.17, 15) is 9.59 Å². The quantitative estimate of drug-likeness (QED) is 0.771. The molecule has 0 saturated heterocycles. The number of carbonyl (C=O) groups excluding carboxylic acids is 2. The summed E-state index contributed by atoms with van der Waals surface area (Å²) in [7, 11) is 0. The van der Waals surface area contributed by atoms with Crippen molar-refractivity contribution in [2.45, 2.75) is 0 Å². The molecule has 0 saturated carbocycles. The largest absolute Gasteiger partial charge is 0.419 e. The molecule has 0 aromatic heterocycles. The van der Waals surface area contributed by atoms with Crippen LogP contribution in [0.2, 0.25) is 0 Å². The maximum atomic E-state index is 11.8. The fourth-order valence-corrected chi connectivity index (χ4v) is 1.58. The molecule has 0 atom stereocenters. The summed E-state index contributed by atoms with van der Waals surface area (Å²) in [4.78, 5) is 24.1. The number of halogens is 1. The average Bonchev–Trinajstić information content (AvgIpc) is 2.40. The normalized spacial score (nSPS) is 14.1. The fourth-order valence-electron chi connectivity index (χ4n) is 1.45. The lowest BCUT2D eigenvalue weighted by molar-refractivity contribution is -0.108. The molecule has 1 aromatic rings. The number of benzene rings is 1. The van der Waals surface area contributed by atoms with Crippen LogP contribution in [0.3, 0.4) is 0 Å². The highest BCUT2D eigenvalue weighted by Gasteiger charge is 2.19. The lowest BCUT2D eigenvalue weighted by Gasteiger charge is -2.20. The second kappa shape index (κ2) is 5.51. The second-order valence-electron chi connectivity index (χ2n) is 3.62. The van der Waals surface area contributed by atoms with Gasteiger partial charge in [0.15, 0.2) is 0 Å². The Bertz CT molecular complexity index is 522. The molecule has 0 N–H and O–H groups in total. The van der Waals surface area contributed by atoms with Crippen LogP contribution in [0.4, 0.5) is 4.79 Å². The maximum Gasteiger partial charge on any atom is 0.419 e. The van der Waals surface area contributed by atoms with Crippen molar-refractivity contribution < 1.29 is 14.3 Å². The number of rotatable bonds is 2. The van der Waals surface area contributed by atoms with Crippen LogP contribution in [0.15, 0.2) is 54.3 Å². The molecule has 5 heteroatoms. The molecule has 4 nitrogen and oxygen atoms in total. The first-order chi connectivity index (χ1) is 8.66. The van der Waals surface area contributed by atoms with Gasteiger partial charge in [0.1, 0.15) is 5.75 Å². The van der Waals surface area contributed by atoms with E-state index in [1.54, 1.807) is 36.4 Å². The third-order valence-corrected chi connectivity index (χ3v) is 2.58. The van der Waals surface area contributed by atoms with Gasteiger partial charge in [-0.05, 0) is 29.8 Å². The Balaban J connectivity index is 2.02. The predicted octanol–water partition coefficient (Wildman–Crippen LogP) is 2.71. The fraction of sp³-hybridized carbons (Fsp3) is 0.0769. The van der Waals surface area contributed by atoms with Gasteiger partial charge in [0.2, 0.25) is 5.24 Å². The monoisotopic (exact) mass is 263 g/mol. The summed E-state index contributed by atoms with van der Waals surface area (Å²) in [6.45, 7) is 0.116. The number of nitrogens with zero attached hydrogens (tertiary/aromatic N) is 1. The molecule has 0 radical (unpaired) electrons. The zero-order valence-electron chi connectivity index (χ0n) is 9.38. The minimum Gasteiger partial charge on any atom is -0.410 e. The van der Waals surface area contributed by atoms with Crippen LogP contribution in [0.1, 0.15) is 0 Å². The van der Waals surface area contributed by atoms with Gasteiger partial charge in [-0.2, -0.15) is 0 Å². The van der Waals surface area contributed by atoms with Crippen molar-refractivity contribution in [1.82, 2.24) is 4.90 Å². The SMILES string of the molecule is O=C(Cl)C1=CC=CN(C(=O)Oc2ccccc2)C1. The highest BCUT2D eigenvalue weighted by molar-refractivity contribution is 6.67. The molecule has 1 heterocycles. The second-order valence-corrected chi connectivity index (χ2v) is 3.96. The molecule has 1 amide bonds. The van der Waals surface area contributed by atoms with E-state index in [4.69, 9.17) is 16.3 Å². The summed E-state index contributed by atoms with van der Waals surface area (Å²) in [5.41, 5.74) is 0.351. The van der Waals surface area contributed by atoms with E-state index in [0.29, 0.717) is 11.3 Å². The number of allylic oxidation sites excluding steroid dienone is 2. The minimum absolute atomic E-state index is 0.116. The number of hydrogen-bond acceptors (Lipinski definition) is 3. The molecule has 1 aliphatic rings. The van der Waals surface area contributed by atoms with Crippen molar-refractivity contribution >= 4 is 22.9 Å². The van der Waals surface area contributed by atoms with Crippen molar-refractivity contribution in [3.8, 4) is 5.75 Å². The number of para-hydroxylation sites is 1. The van der Waals surface area contributed by atoms with Crippen LogP contribution in [0.25, 0.3) is 0 Å². The van der Waals surface area contributed by atoms with Crippen molar-refractivity contribution in [1.29, 1.82) is 0 Å².